The number of hydrogen-bond acceptors (Lipinski definition) is 0. The Morgan fingerprint density at radius 1 is 1.05 bits per heavy atom. The van der Waals surface area contributed by atoms with E-state index in [0.717, 1.165) is 0 Å². The predicted octanol–water partition coefficient (Wildman–Crippen LogP) is 5.32. The van der Waals surface area contributed by atoms with Crippen molar-refractivity contribution in [2.75, 3.05) is 0 Å². The van der Waals surface area contributed by atoms with Crippen molar-refractivity contribution >= 4 is 24.7 Å². The fourth-order valence-corrected chi connectivity index (χ4v) is 5.81. The fourth-order valence-electron chi connectivity index (χ4n) is 3.93. The van der Waals surface area contributed by atoms with Gasteiger partial charge in [-0.15, -0.1) is 0 Å². The predicted molar refractivity (Wildman–Crippen MR) is 94.3 cm³/mol. The van der Waals surface area contributed by atoms with Gasteiger partial charge in [0.15, 0.2) is 8.24 Å². The summed E-state index contributed by atoms with van der Waals surface area (Å²) < 4.78 is 2.67. The lowest BCUT2D eigenvalue weighted by molar-refractivity contribution is 1.05. The Balaban J connectivity index is 2.17. The van der Waals surface area contributed by atoms with Crippen LogP contribution in [0.5, 0.6) is 0 Å². The summed E-state index contributed by atoms with van der Waals surface area (Å²) >= 11 is 0. The quantitative estimate of drug-likeness (QED) is 0.627. The Morgan fingerprint density at radius 2 is 1.81 bits per heavy atom. The lowest BCUT2D eigenvalue weighted by Crippen LogP contribution is -2.33. The zero-order chi connectivity index (χ0) is 14.8. The number of rotatable bonds is 1. The topological polar surface area (TPSA) is 4.93 Å². The first-order chi connectivity index (χ1) is 10.00. The van der Waals surface area contributed by atoms with Crippen LogP contribution in [0.1, 0.15) is 24.1 Å². The van der Waals surface area contributed by atoms with Gasteiger partial charge in [0.25, 0.3) is 0 Å². The van der Waals surface area contributed by atoms with E-state index in [1.807, 2.05) is 0 Å². The minimum Gasteiger partial charge on any atom is -0.368 e. The maximum Gasteiger partial charge on any atom is 0.153 e. The number of fused-ring (bicyclic) bond motifs is 5. The first-order valence-electron chi connectivity index (χ1n) is 7.70. The second-order valence-electron chi connectivity index (χ2n) is 7.09. The first-order valence-corrected chi connectivity index (χ1v) is 11.1. The number of aromatic nitrogens is 1. The van der Waals surface area contributed by atoms with Crippen LogP contribution >= 0.6 is 0 Å². The third kappa shape index (κ3) is 1.63. The Hall–Kier alpha value is -1.80. The van der Waals surface area contributed by atoms with Crippen LogP contribution in [0.4, 0.5) is 0 Å². The second kappa shape index (κ2) is 4.11. The molecule has 1 heterocycles. The largest absolute Gasteiger partial charge is 0.368 e. The first kappa shape index (κ1) is 12.9. The molecule has 0 saturated heterocycles. The van der Waals surface area contributed by atoms with Crippen molar-refractivity contribution in [3.63, 3.8) is 0 Å². The Kier molecular flexibility index (Phi) is 2.52. The molecule has 2 aliphatic rings. The highest BCUT2D eigenvalue weighted by molar-refractivity contribution is 6.75. The highest BCUT2D eigenvalue weighted by atomic mass is 28.3. The maximum absolute atomic E-state index is 2.67. The fraction of sp³-hybridized carbons (Fsp3) is 0.263. The van der Waals surface area contributed by atoms with Gasteiger partial charge >= 0.3 is 0 Å². The summed E-state index contributed by atoms with van der Waals surface area (Å²) in [6, 6.07) is 8.94. The molecule has 0 amide bonds. The van der Waals surface area contributed by atoms with Crippen LogP contribution in [0.2, 0.25) is 19.6 Å². The molecule has 0 saturated carbocycles. The zero-order valence-corrected chi connectivity index (χ0v) is 14.1. The maximum atomic E-state index is 2.67. The van der Waals surface area contributed by atoms with Crippen LogP contribution in [0.15, 0.2) is 54.1 Å². The molecular weight excluding hydrogens is 270 g/mol. The molecule has 1 aromatic carbocycles. The standard InChI is InChI=1S/C19H21NSi/c1-13-14-9-5-6-10-15(14)18-16-11-7-8-12-17(16)20(19(13)18)21(2,3)4/h5-12,15H,1-4H3. The molecule has 0 N–H and O–H groups in total. The van der Waals surface area contributed by atoms with E-state index in [9.17, 15) is 0 Å². The molecule has 4 rings (SSSR count). The molecule has 0 bridgehead atoms. The molecule has 0 fully saturated rings. The van der Waals surface area contributed by atoms with Gasteiger partial charge in [0.2, 0.25) is 0 Å². The van der Waals surface area contributed by atoms with E-state index in [4.69, 9.17) is 0 Å². The molecule has 106 valence electrons. The third-order valence-electron chi connectivity index (χ3n) is 4.71. The van der Waals surface area contributed by atoms with E-state index < -0.39 is 8.24 Å². The molecule has 0 spiro atoms. The normalized spacial score (nSPS) is 20.3. The minimum absolute atomic E-state index is 0.451. The number of hydrogen-bond donors (Lipinski definition) is 0. The van der Waals surface area contributed by atoms with Crippen molar-refractivity contribution in [1.29, 1.82) is 0 Å². The summed E-state index contributed by atoms with van der Waals surface area (Å²) in [5.74, 6) is 0.451. The van der Waals surface area contributed by atoms with E-state index >= 15 is 0 Å². The SMILES string of the molecule is CC1=C2C=CC=CC2c2c1n([Si](C)(C)C)c1ccccc21. The summed E-state index contributed by atoms with van der Waals surface area (Å²) in [7, 11) is -1.47. The highest BCUT2D eigenvalue weighted by Gasteiger charge is 2.35. The number of benzene rings is 1. The van der Waals surface area contributed by atoms with Crippen LogP contribution in [0, 0.1) is 0 Å². The van der Waals surface area contributed by atoms with Gasteiger partial charge in [-0.3, -0.25) is 0 Å². The van der Waals surface area contributed by atoms with Gasteiger partial charge in [-0.25, -0.2) is 0 Å². The smallest absolute Gasteiger partial charge is 0.153 e. The summed E-state index contributed by atoms with van der Waals surface area (Å²) in [5.41, 5.74) is 7.39. The minimum atomic E-state index is -1.47. The van der Waals surface area contributed by atoms with Gasteiger partial charge in [-0.1, -0.05) is 62.1 Å². The molecule has 0 radical (unpaired) electrons. The van der Waals surface area contributed by atoms with Crippen molar-refractivity contribution in [2.45, 2.75) is 32.5 Å². The number of para-hydroxylation sites is 1. The molecule has 0 aliphatic heterocycles. The van der Waals surface area contributed by atoms with E-state index in [1.54, 1.807) is 0 Å². The van der Waals surface area contributed by atoms with Crippen molar-refractivity contribution in [1.82, 2.24) is 4.23 Å². The molecule has 2 aromatic rings. The van der Waals surface area contributed by atoms with Crippen molar-refractivity contribution < 1.29 is 0 Å². The molecule has 21 heavy (non-hydrogen) atoms. The third-order valence-corrected chi connectivity index (χ3v) is 6.52. The molecule has 1 aromatic heterocycles. The van der Waals surface area contributed by atoms with Gasteiger partial charge in [0.05, 0.1) is 0 Å². The van der Waals surface area contributed by atoms with Gasteiger partial charge in [0.1, 0.15) is 0 Å². The summed E-state index contributed by atoms with van der Waals surface area (Å²) in [6.07, 6.45) is 9.01. The van der Waals surface area contributed by atoms with Crippen LogP contribution in [-0.4, -0.2) is 12.5 Å². The average molecular weight is 291 g/mol. The lowest BCUT2D eigenvalue weighted by atomic mass is 9.91. The van der Waals surface area contributed by atoms with E-state index in [-0.39, 0.29) is 0 Å². The van der Waals surface area contributed by atoms with Gasteiger partial charge in [0, 0.05) is 22.5 Å². The van der Waals surface area contributed by atoms with Gasteiger partial charge < -0.3 is 4.23 Å². The van der Waals surface area contributed by atoms with Gasteiger partial charge in [-0.05, 0) is 29.7 Å². The van der Waals surface area contributed by atoms with Crippen LogP contribution in [-0.2, 0) is 0 Å². The van der Waals surface area contributed by atoms with E-state index in [0.29, 0.717) is 5.92 Å². The molecular formula is C19H21NSi. The molecule has 1 atom stereocenters. The van der Waals surface area contributed by atoms with Crippen LogP contribution in [0.25, 0.3) is 16.5 Å². The van der Waals surface area contributed by atoms with E-state index in [1.165, 1.54) is 33.3 Å². The van der Waals surface area contributed by atoms with Crippen molar-refractivity contribution in [3.05, 3.63) is 65.4 Å². The van der Waals surface area contributed by atoms with Crippen molar-refractivity contribution in [2.24, 2.45) is 0 Å². The summed E-state index contributed by atoms with van der Waals surface area (Å²) in [5, 5.41) is 1.44. The number of allylic oxidation sites excluding steroid dienone is 6. The molecule has 2 aliphatic carbocycles. The van der Waals surface area contributed by atoms with Crippen molar-refractivity contribution in [3.8, 4) is 0 Å². The molecule has 2 heteroatoms. The monoisotopic (exact) mass is 291 g/mol. The van der Waals surface area contributed by atoms with Gasteiger partial charge in [-0.2, -0.15) is 0 Å². The molecule has 1 unspecified atom stereocenters. The summed E-state index contributed by atoms with van der Waals surface area (Å²) in [6.45, 7) is 9.61. The van der Waals surface area contributed by atoms with Crippen LogP contribution in [0.3, 0.4) is 0 Å². The highest BCUT2D eigenvalue weighted by Crippen LogP contribution is 2.49. The number of nitrogens with zero attached hydrogens (tertiary/aromatic N) is 1. The zero-order valence-electron chi connectivity index (χ0n) is 13.1. The molecule has 1 nitrogen and oxygen atoms in total. The Morgan fingerprint density at radius 3 is 2.57 bits per heavy atom. The van der Waals surface area contributed by atoms with Crippen LogP contribution < -0.4 is 0 Å². The van der Waals surface area contributed by atoms with E-state index in [2.05, 4.69) is 79.4 Å². The summed E-state index contributed by atoms with van der Waals surface area (Å²) in [4.78, 5) is 0. The lowest BCUT2D eigenvalue weighted by Gasteiger charge is -2.24. The second-order valence-corrected chi connectivity index (χ2v) is 11.9. The Bertz CT molecular complexity index is 840. The Labute approximate surface area is 127 Å². The average Bonchev–Trinajstić information content (AvgIpc) is 2.93.